The summed E-state index contributed by atoms with van der Waals surface area (Å²) in [6, 6.07) is 19.5. The van der Waals surface area contributed by atoms with Crippen molar-refractivity contribution in [3.05, 3.63) is 90.0 Å². The molecule has 4 nitrogen and oxygen atoms in total. The van der Waals surface area contributed by atoms with Crippen molar-refractivity contribution in [1.82, 2.24) is 0 Å². The molecule has 0 N–H and O–H groups in total. The second kappa shape index (κ2) is 8.90. The number of ketones is 1. The molecule has 0 spiro atoms. The molecular weight excluding hydrogens is 366 g/mol. The van der Waals surface area contributed by atoms with Gasteiger partial charge < -0.3 is 9.47 Å². The Morgan fingerprint density at radius 1 is 0.786 bits per heavy atom. The predicted molar refractivity (Wildman–Crippen MR) is 99.0 cm³/mol. The van der Waals surface area contributed by atoms with Gasteiger partial charge in [0, 0.05) is 11.1 Å². The Hall–Kier alpha value is -3.54. The summed E-state index contributed by atoms with van der Waals surface area (Å²) in [7, 11) is 0. The largest absolute Gasteiger partial charge is 0.481 e. The van der Waals surface area contributed by atoms with E-state index in [2.05, 4.69) is 0 Å². The van der Waals surface area contributed by atoms with Crippen LogP contribution in [0.3, 0.4) is 0 Å². The minimum atomic E-state index is -1.14. The highest BCUT2D eigenvalue weighted by atomic mass is 19.2. The normalized spacial score (nSPS) is 10.4. The van der Waals surface area contributed by atoms with Crippen LogP contribution >= 0.6 is 0 Å². The number of rotatable bonds is 7. The van der Waals surface area contributed by atoms with Crippen molar-refractivity contribution in [3.8, 4) is 16.9 Å². The maximum absolute atomic E-state index is 13.2. The molecule has 0 unspecified atom stereocenters. The number of para-hydroxylation sites is 1. The molecule has 0 atom stereocenters. The van der Waals surface area contributed by atoms with Gasteiger partial charge in [0.1, 0.15) is 5.75 Å². The summed E-state index contributed by atoms with van der Waals surface area (Å²) in [6.45, 7) is -0.984. The highest BCUT2D eigenvalue weighted by Crippen LogP contribution is 2.29. The van der Waals surface area contributed by atoms with Gasteiger partial charge in [0.25, 0.3) is 0 Å². The lowest BCUT2D eigenvalue weighted by atomic mass is 10.1. The van der Waals surface area contributed by atoms with Crippen LogP contribution in [0.1, 0.15) is 10.4 Å². The molecule has 0 saturated carbocycles. The maximum atomic E-state index is 13.2. The minimum absolute atomic E-state index is 0.0814. The zero-order valence-corrected chi connectivity index (χ0v) is 14.7. The quantitative estimate of drug-likeness (QED) is 0.448. The van der Waals surface area contributed by atoms with E-state index in [9.17, 15) is 18.4 Å². The van der Waals surface area contributed by atoms with E-state index in [0.29, 0.717) is 5.75 Å². The van der Waals surface area contributed by atoms with Crippen LogP contribution < -0.4 is 4.74 Å². The third kappa shape index (κ3) is 4.79. The lowest BCUT2D eigenvalue weighted by Crippen LogP contribution is -2.19. The molecule has 0 amide bonds. The Kier molecular flexibility index (Phi) is 6.11. The first kappa shape index (κ1) is 19.2. The molecule has 0 radical (unpaired) electrons. The number of hydrogen-bond acceptors (Lipinski definition) is 4. The van der Waals surface area contributed by atoms with Crippen LogP contribution in [0.25, 0.3) is 11.1 Å². The molecule has 3 rings (SSSR count). The van der Waals surface area contributed by atoms with Crippen LogP contribution in [-0.4, -0.2) is 25.0 Å². The SMILES string of the molecule is O=C(COc1ccccc1-c1ccccc1)OCC(=O)c1ccc(F)c(F)c1. The number of halogens is 2. The topological polar surface area (TPSA) is 52.6 Å². The Morgan fingerprint density at radius 3 is 2.25 bits per heavy atom. The van der Waals surface area contributed by atoms with Gasteiger partial charge in [0.2, 0.25) is 0 Å². The van der Waals surface area contributed by atoms with E-state index in [1.807, 2.05) is 42.5 Å². The van der Waals surface area contributed by atoms with Crippen molar-refractivity contribution in [1.29, 1.82) is 0 Å². The molecule has 28 heavy (non-hydrogen) atoms. The zero-order valence-electron chi connectivity index (χ0n) is 14.7. The summed E-state index contributed by atoms with van der Waals surface area (Å²) >= 11 is 0. The minimum Gasteiger partial charge on any atom is -0.481 e. The number of carbonyl (C=O) groups is 2. The molecule has 0 saturated heterocycles. The van der Waals surface area contributed by atoms with Crippen LogP contribution in [0.4, 0.5) is 8.78 Å². The predicted octanol–water partition coefficient (Wildman–Crippen LogP) is 4.44. The third-order valence-electron chi connectivity index (χ3n) is 3.92. The van der Waals surface area contributed by atoms with E-state index in [-0.39, 0.29) is 5.56 Å². The van der Waals surface area contributed by atoms with Gasteiger partial charge in [0.05, 0.1) is 0 Å². The number of Topliss-reactive ketones (excluding diaryl/α,β-unsaturated/α-hetero) is 1. The standard InChI is InChI=1S/C22H16F2O4/c23-18-11-10-16(12-19(18)24)20(25)13-28-22(26)14-27-21-9-5-4-8-17(21)15-6-2-1-3-7-15/h1-12H,13-14H2. The van der Waals surface area contributed by atoms with Crippen LogP contribution in [0.5, 0.6) is 5.75 Å². The molecule has 142 valence electrons. The highest BCUT2D eigenvalue weighted by molar-refractivity contribution is 5.98. The van der Waals surface area contributed by atoms with Gasteiger partial charge >= 0.3 is 5.97 Å². The molecule has 0 aliphatic carbocycles. The average Bonchev–Trinajstić information content (AvgIpc) is 2.73. The summed E-state index contributed by atoms with van der Waals surface area (Å²) in [6.07, 6.45) is 0. The summed E-state index contributed by atoms with van der Waals surface area (Å²) in [5.41, 5.74) is 1.66. The van der Waals surface area contributed by atoms with E-state index in [0.717, 1.165) is 29.3 Å². The van der Waals surface area contributed by atoms with Crippen molar-refractivity contribution < 1.29 is 27.8 Å². The monoisotopic (exact) mass is 382 g/mol. The van der Waals surface area contributed by atoms with E-state index < -0.39 is 36.6 Å². The zero-order chi connectivity index (χ0) is 19.9. The van der Waals surface area contributed by atoms with Crippen molar-refractivity contribution in [2.75, 3.05) is 13.2 Å². The molecule has 0 aliphatic rings. The molecular formula is C22H16F2O4. The Balaban J connectivity index is 1.56. The number of carbonyl (C=O) groups excluding carboxylic acids is 2. The van der Waals surface area contributed by atoms with Crippen LogP contribution in [-0.2, 0) is 9.53 Å². The van der Waals surface area contributed by atoms with Gasteiger partial charge in [-0.2, -0.15) is 0 Å². The fourth-order valence-electron chi connectivity index (χ4n) is 2.53. The Bertz CT molecular complexity index is 987. The Morgan fingerprint density at radius 2 is 1.50 bits per heavy atom. The van der Waals surface area contributed by atoms with Gasteiger partial charge in [-0.15, -0.1) is 0 Å². The molecule has 0 aromatic heterocycles. The van der Waals surface area contributed by atoms with E-state index in [1.54, 1.807) is 12.1 Å². The number of esters is 1. The number of ether oxygens (including phenoxy) is 2. The molecule has 0 fully saturated rings. The van der Waals surface area contributed by atoms with Gasteiger partial charge in [-0.1, -0.05) is 48.5 Å². The first-order valence-electron chi connectivity index (χ1n) is 8.45. The third-order valence-corrected chi connectivity index (χ3v) is 3.92. The first-order valence-corrected chi connectivity index (χ1v) is 8.45. The van der Waals surface area contributed by atoms with Crippen molar-refractivity contribution in [2.24, 2.45) is 0 Å². The number of hydrogen-bond donors (Lipinski definition) is 0. The van der Waals surface area contributed by atoms with E-state index >= 15 is 0 Å². The summed E-state index contributed by atoms with van der Waals surface area (Å²) in [4.78, 5) is 23.8. The number of benzene rings is 3. The van der Waals surface area contributed by atoms with Gasteiger partial charge in [-0.05, 0) is 29.8 Å². The second-order valence-electron chi connectivity index (χ2n) is 5.86. The summed E-state index contributed by atoms with van der Waals surface area (Å²) in [5, 5.41) is 0. The molecule has 3 aromatic carbocycles. The van der Waals surface area contributed by atoms with Crippen LogP contribution in [0, 0.1) is 11.6 Å². The average molecular weight is 382 g/mol. The molecule has 3 aromatic rings. The Labute approximate surface area is 160 Å². The fourth-order valence-corrected chi connectivity index (χ4v) is 2.53. The smallest absolute Gasteiger partial charge is 0.344 e. The molecule has 0 heterocycles. The van der Waals surface area contributed by atoms with Crippen LogP contribution in [0.2, 0.25) is 0 Å². The van der Waals surface area contributed by atoms with Gasteiger partial charge in [-0.25, -0.2) is 13.6 Å². The lowest BCUT2D eigenvalue weighted by molar-refractivity contribution is -0.144. The van der Waals surface area contributed by atoms with Crippen molar-refractivity contribution in [2.45, 2.75) is 0 Å². The van der Waals surface area contributed by atoms with Crippen molar-refractivity contribution >= 4 is 11.8 Å². The van der Waals surface area contributed by atoms with E-state index in [4.69, 9.17) is 9.47 Å². The lowest BCUT2D eigenvalue weighted by Gasteiger charge is -2.11. The van der Waals surface area contributed by atoms with Crippen LogP contribution in [0.15, 0.2) is 72.8 Å². The molecule has 6 heteroatoms. The maximum Gasteiger partial charge on any atom is 0.344 e. The van der Waals surface area contributed by atoms with E-state index in [1.165, 1.54) is 0 Å². The fraction of sp³-hybridized carbons (Fsp3) is 0.0909. The second-order valence-corrected chi connectivity index (χ2v) is 5.86. The van der Waals surface area contributed by atoms with Gasteiger partial charge in [-0.3, -0.25) is 4.79 Å². The van der Waals surface area contributed by atoms with Crippen molar-refractivity contribution in [3.63, 3.8) is 0 Å². The first-order chi connectivity index (χ1) is 13.5. The molecule has 0 aliphatic heterocycles. The summed E-state index contributed by atoms with van der Waals surface area (Å²) in [5.74, 6) is -3.09. The highest BCUT2D eigenvalue weighted by Gasteiger charge is 2.14. The molecule has 0 bridgehead atoms. The summed E-state index contributed by atoms with van der Waals surface area (Å²) < 4.78 is 36.5. The van der Waals surface area contributed by atoms with Gasteiger partial charge in [0.15, 0.2) is 30.6 Å².